The summed E-state index contributed by atoms with van der Waals surface area (Å²) in [6, 6.07) is 16.7. The van der Waals surface area contributed by atoms with E-state index in [1.54, 1.807) is 0 Å². The van der Waals surface area contributed by atoms with Crippen LogP contribution in [0.15, 0.2) is 48.5 Å². The molecule has 0 aliphatic carbocycles. The minimum absolute atomic E-state index is 0.214. The van der Waals surface area contributed by atoms with Gasteiger partial charge in [0, 0.05) is 0 Å². The molecule has 0 heterocycles. The van der Waals surface area contributed by atoms with Gasteiger partial charge in [-0.25, -0.2) is 0 Å². The zero-order chi connectivity index (χ0) is 19.5. The molecule has 2 rings (SSSR count). The first-order valence-electron chi connectivity index (χ1n) is 8.60. The van der Waals surface area contributed by atoms with Gasteiger partial charge in [-0.15, -0.1) is 0 Å². The molecule has 0 aliphatic rings. The first-order valence-corrected chi connectivity index (χ1v) is 10.9. The molecule has 0 spiro atoms. The number of nitrogens with one attached hydrogen (secondary N) is 2. The molecular formula is C20H24N2O4Te. The van der Waals surface area contributed by atoms with Crippen LogP contribution < -0.4 is 17.9 Å². The van der Waals surface area contributed by atoms with E-state index in [9.17, 15) is 9.59 Å². The Labute approximate surface area is 169 Å². The summed E-state index contributed by atoms with van der Waals surface area (Å²) in [6.45, 7) is 1.13. The van der Waals surface area contributed by atoms with Gasteiger partial charge in [-0.1, -0.05) is 0 Å². The predicted molar refractivity (Wildman–Crippen MR) is 108 cm³/mol. The van der Waals surface area contributed by atoms with Gasteiger partial charge in [-0.2, -0.15) is 0 Å². The SMILES string of the molecule is COC(=O)CCNc1ccc([Te]c2ccc(NCCC(=O)OC)cc2)cc1. The van der Waals surface area contributed by atoms with Crippen molar-refractivity contribution in [3.8, 4) is 0 Å². The van der Waals surface area contributed by atoms with E-state index < -0.39 is 20.9 Å². The Hall–Kier alpha value is -2.23. The Bertz CT molecular complexity index is 669. The van der Waals surface area contributed by atoms with Crippen LogP contribution in [0.1, 0.15) is 12.8 Å². The second-order valence-electron chi connectivity index (χ2n) is 5.66. The fourth-order valence-corrected chi connectivity index (χ4v) is 4.57. The average Bonchev–Trinajstić information content (AvgIpc) is 2.70. The number of esters is 2. The Morgan fingerprint density at radius 1 is 0.741 bits per heavy atom. The van der Waals surface area contributed by atoms with Crippen LogP contribution in [0.5, 0.6) is 0 Å². The maximum absolute atomic E-state index is 11.1. The Morgan fingerprint density at radius 3 is 1.44 bits per heavy atom. The van der Waals surface area contributed by atoms with Crippen LogP contribution in [0.4, 0.5) is 11.4 Å². The van der Waals surface area contributed by atoms with Crippen LogP contribution >= 0.6 is 0 Å². The summed E-state index contributed by atoms with van der Waals surface area (Å²) >= 11 is -0.453. The monoisotopic (exact) mass is 486 g/mol. The standard InChI is InChI=1S/C20H24N2O4Te/c1-25-19(23)11-13-21-15-3-7-17(8-4-15)27-18-9-5-16(6-10-18)22-14-12-20(24)26-2/h3-10,21-22H,11-14H2,1-2H3. The van der Waals surface area contributed by atoms with Crippen molar-refractivity contribution in [1.29, 1.82) is 0 Å². The van der Waals surface area contributed by atoms with Crippen molar-refractivity contribution in [2.24, 2.45) is 0 Å². The topological polar surface area (TPSA) is 76.7 Å². The molecule has 144 valence electrons. The molecule has 0 radical (unpaired) electrons. The molecule has 2 aromatic carbocycles. The molecule has 2 aromatic rings. The number of rotatable bonds is 10. The molecule has 6 nitrogen and oxygen atoms in total. The third-order valence-electron chi connectivity index (χ3n) is 3.72. The number of carbonyl (C=O) groups is 2. The summed E-state index contributed by atoms with van der Waals surface area (Å²) in [5, 5.41) is 6.43. The normalized spacial score (nSPS) is 10.1. The van der Waals surface area contributed by atoms with Gasteiger partial charge >= 0.3 is 170 Å². The van der Waals surface area contributed by atoms with E-state index in [0.29, 0.717) is 25.9 Å². The van der Waals surface area contributed by atoms with Crippen LogP contribution in [0, 0.1) is 0 Å². The number of hydrogen-bond acceptors (Lipinski definition) is 6. The molecule has 7 heteroatoms. The number of methoxy groups -OCH3 is 2. The van der Waals surface area contributed by atoms with Crippen LogP contribution in [-0.2, 0) is 19.1 Å². The Balaban J connectivity index is 1.79. The fourth-order valence-electron chi connectivity index (χ4n) is 2.24. The third-order valence-corrected chi connectivity index (χ3v) is 6.62. The number of hydrogen-bond donors (Lipinski definition) is 2. The van der Waals surface area contributed by atoms with Crippen LogP contribution in [0.3, 0.4) is 0 Å². The molecule has 27 heavy (non-hydrogen) atoms. The first kappa shape index (κ1) is 21.1. The molecule has 0 aromatic heterocycles. The van der Waals surface area contributed by atoms with Gasteiger partial charge in [-0.3, -0.25) is 0 Å². The summed E-state index contributed by atoms with van der Waals surface area (Å²) in [6.07, 6.45) is 0.707. The predicted octanol–water partition coefficient (Wildman–Crippen LogP) is 1.29. The summed E-state index contributed by atoms with van der Waals surface area (Å²) in [7, 11) is 2.79. The van der Waals surface area contributed by atoms with Crippen molar-refractivity contribution in [1.82, 2.24) is 0 Å². The molecule has 0 unspecified atom stereocenters. The van der Waals surface area contributed by atoms with E-state index >= 15 is 0 Å². The summed E-state index contributed by atoms with van der Waals surface area (Å²) < 4.78 is 11.9. The van der Waals surface area contributed by atoms with Gasteiger partial charge < -0.3 is 0 Å². The van der Waals surface area contributed by atoms with Crippen LogP contribution in [0.2, 0.25) is 0 Å². The molecule has 0 aliphatic heterocycles. The van der Waals surface area contributed by atoms with Gasteiger partial charge in [0.05, 0.1) is 0 Å². The van der Waals surface area contributed by atoms with Crippen molar-refractivity contribution < 1.29 is 19.1 Å². The molecule has 0 bridgehead atoms. The minimum atomic E-state index is -0.453. The van der Waals surface area contributed by atoms with Crippen molar-refractivity contribution in [3.63, 3.8) is 0 Å². The van der Waals surface area contributed by atoms with E-state index in [4.69, 9.17) is 0 Å². The second-order valence-corrected chi connectivity index (χ2v) is 8.93. The second kappa shape index (κ2) is 11.5. The number of benzene rings is 2. The van der Waals surface area contributed by atoms with E-state index in [-0.39, 0.29) is 11.9 Å². The number of anilines is 2. The van der Waals surface area contributed by atoms with Gasteiger partial charge in [0.1, 0.15) is 0 Å². The average molecular weight is 484 g/mol. The van der Waals surface area contributed by atoms with E-state index in [1.165, 1.54) is 21.4 Å². The van der Waals surface area contributed by atoms with Gasteiger partial charge in [0.15, 0.2) is 0 Å². The summed E-state index contributed by atoms with van der Waals surface area (Å²) in [5.41, 5.74) is 2.00. The van der Waals surface area contributed by atoms with E-state index in [2.05, 4.69) is 44.4 Å². The molecule has 0 saturated carbocycles. The van der Waals surface area contributed by atoms with Crippen LogP contribution in [-0.4, -0.2) is 60.2 Å². The molecule has 0 saturated heterocycles. The number of carbonyl (C=O) groups excluding carboxylic acids is 2. The molecule has 0 amide bonds. The fraction of sp³-hybridized carbons (Fsp3) is 0.300. The Morgan fingerprint density at radius 2 is 1.11 bits per heavy atom. The van der Waals surface area contributed by atoms with Crippen molar-refractivity contribution in [3.05, 3.63) is 48.5 Å². The quantitative estimate of drug-likeness (QED) is 0.392. The van der Waals surface area contributed by atoms with Crippen LogP contribution in [0.25, 0.3) is 0 Å². The van der Waals surface area contributed by atoms with Gasteiger partial charge in [0.2, 0.25) is 0 Å². The van der Waals surface area contributed by atoms with Crippen molar-refractivity contribution in [2.45, 2.75) is 12.8 Å². The zero-order valence-electron chi connectivity index (χ0n) is 15.5. The van der Waals surface area contributed by atoms with Gasteiger partial charge in [-0.05, 0) is 0 Å². The van der Waals surface area contributed by atoms with Gasteiger partial charge in [0.25, 0.3) is 0 Å². The van der Waals surface area contributed by atoms with Crippen molar-refractivity contribution in [2.75, 3.05) is 37.9 Å². The van der Waals surface area contributed by atoms with E-state index in [1.807, 2.05) is 24.3 Å². The summed E-state index contributed by atoms with van der Waals surface area (Å²) in [4.78, 5) is 22.2. The molecular weight excluding hydrogens is 460 g/mol. The molecule has 0 atom stereocenters. The zero-order valence-corrected chi connectivity index (χ0v) is 17.8. The third kappa shape index (κ3) is 7.90. The summed E-state index contributed by atoms with van der Waals surface area (Å²) in [5.74, 6) is -0.427. The van der Waals surface area contributed by atoms with E-state index in [0.717, 1.165) is 11.4 Å². The Kier molecular flexibility index (Phi) is 8.96. The molecule has 0 fully saturated rings. The van der Waals surface area contributed by atoms with Crippen molar-refractivity contribution >= 4 is 51.5 Å². The first-order chi connectivity index (χ1) is 13.1. The maximum atomic E-state index is 11.1. The molecule has 2 N–H and O–H groups in total. The number of ether oxygens (including phenoxy) is 2.